The molecule has 0 radical (unpaired) electrons. The maximum Gasteiger partial charge on any atom is 0.330 e. The Morgan fingerprint density at radius 1 is 1.14 bits per heavy atom. The summed E-state index contributed by atoms with van der Waals surface area (Å²) in [6.07, 6.45) is 2.01. The van der Waals surface area contributed by atoms with Gasteiger partial charge in [-0.05, 0) is 6.92 Å². The predicted molar refractivity (Wildman–Crippen MR) is 80.7 cm³/mol. The second-order valence-corrected chi connectivity index (χ2v) is 3.85. The van der Waals surface area contributed by atoms with Crippen molar-refractivity contribution in [3.05, 3.63) is 31.0 Å². The van der Waals surface area contributed by atoms with Gasteiger partial charge in [-0.25, -0.2) is 4.79 Å². The van der Waals surface area contributed by atoms with E-state index in [-0.39, 0.29) is 19.1 Å². The summed E-state index contributed by atoms with van der Waals surface area (Å²) in [5.41, 5.74) is 2.44. The molecule has 0 fully saturated rings. The first-order valence-corrected chi connectivity index (χ1v) is 6.77. The number of hydrogen-bond acceptors (Lipinski definition) is 7. The highest BCUT2D eigenvalue weighted by Gasteiger charge is 2.02. The largest absolute Gasteiger partial charge is 0.475 e. The van der Waals surface area contributed by atoms with Crippen molar-refractivity contribution in [3.63, 3.8) is 0 Å². The molecule has 0 aromatic rings. The van der Waals surface area contributed by atoms with Gasteiger partial charge in [0, 0.05) is 12.2 Å². The van der Waals surface area contributed by atoms with Crippen molar-refractivity contribution in [2.75, 3.05) is 39.6 Å². The Morgan fingerprint density at radius 2 is 1.73 bits per heavy atom. The molecule has 0 saturated carbocycles. The van der Waals surface area contributed by atoms with Gasteiger partial charge >= 0.3 is 5.97 Å². The highest BCUT2D eigenvalue weighted by Crippen LogP contribution is 1.94. The molecule has 0 aliphatic heterocycles. The average Bonchev–Trinajstić information content (AvgIpc) is 2.50. The molecule has 7 nitrogen and oxygen atoms in total. The van der Waals surface area contributed by atoms with Crippen LogP contribution < -0.4 is 0 Å². The van der Waals surface area contributed by atoms with Gasteiger partial charge in [0.15, 0.2) is 6.29 Å². The van der Waals surface area contributed by atoms with Crippen LogP contribution in [0.4, 0.5) is 0 Å². The Kier molecular flexibility index (Phi) is 12.8. The van der Waals surface area contributed by atoms with Crippen LogP contribution in [0.5, 0.6) is 0 Å². The summed E-state index contributed by atoms with van der Waals surface area (Å²) in [4.78, 5) is 10.7. The Hall–Kier alpha value is -1.92. The number of hydrogen-bond donors (Lipinski definition) is 1. The summed E-state index contributed by atoms with van der Waals surface area (Å²) in [7, 11) is 0. The number of ether oxygens (including phenoxy) is 5. The third-order valence-electron chi connectivity index (χ3n) is 2.15. The van der Waals surface area contributed by atoms with Crippen molar-refractivity contribution in [1.82, 2.24) is 0 Å². The van der Waals surface area contributed by atoms with Crippen LogP contribution in [0.3, 0.4) is 0 Å². The van der Waals surface area contributed by atoms with Gasteiger partial charge in [-0.3, -0.25) is 5.41 Å². The molecule has 0 aromatic carbocycles. The normalized spacial score (nSPS) is 11.1. The first kappa shape index (κ1) is 20.1. The highest BCUT2D eigenvalue weighted by molar-refractivity contribution is 5.84. The van der Waals surface area contributed by atoms with E-state index in [1.165, 1.54) is 6.08 Å². The maximum atomic E-state index is 10.7. The van der Waals surface area contributed by atoms with Gasteiger partial charge < -0.3 is 23.7 Å². The SMILES string of the molecule is C=C=CC(=N)OCCOC(C)OCCOCCOC(=O)C=C. The lowest BCUT2D eigenvalue weighted by atomic mass is 10.6. The van der Waals surface area contributed by atoms with Crippen LogP contribution in [0.25, 0.3) is 0 Å². The van der Waals surface area contributed by atoms with Gasteiger partial charge in [-0.15, -0.1) is 5.73 Å². The molecule has 0 heterocycles. The second kappa shape index (κ2) is 14.0. The Bertz CT molecular complexity index is 389. The number of esters is 1. The van der Waals surface area contributed by atoms with Crippen LogP contribution in [-0.2, 0) is 28.5 Å². The lowest BCUT2D eigenvalue weighted by molar-refractivity contribution is -0.146. The predicted octanol–water partition coefficient (Wildman–Crippen LogP) is 1.45. The van der Waals surface area contributed by atoms with Crippen molar-refractivity contribution >= 4 is 11.9 Å². The molecular formula is C15H23NO6. The summed E-state index contributed by atoms with van der Waals surface area (Å²) < 4.78 is 25.6. The standard InChI is InChI=1S/C15H23NO6/c1-4-6-14(16)21-12-11-20-13(3)19-9-7-18-8-10-22-15(17)5-2/h5-6,13,16H,1-2,7-12H2,3H3. The van der Waals surface area contributed by atoms with Crippen molar-refractivity contribution in [2.24, 2.45) is 0 Å². The molecule has 0 rings (SSSR count). The Morgan fingerprint density at radius 3 is 2.36 bits per heavy atom. The molecular weight excluding hydrogens is 290 g/mol. The topological polar surface area (TPSA) is 87.1 Å². The molecule has 1 N–H and O–H groups in total. The minimum Gasteiger partial charge on any atom is -0.475 e. The lowest BCUT2D eigenvalue weighted by Crippen LogP contribution is -2.20. The molecule has 7 heteroatoms. The zero-order valence-electron chi connectivity index (χ0n) is 12.8. The molecule has 0 amide bonds. The summed E-state index contributed by atoms with van der Waals surface area (Å²) in [6, 6.07) is 0. The second-order valence-electron chi connectivity index (χ2n) is 3.85. The zero-order chi connectivity index (χ0) is 16.6. The van der Waals surface area contributed by atoms with Gasteiger partial charge in [-0.1, -0.05) is 13.2 Å². The van der Waals surface area contributed by atoms with Gasteiger partial charge in [0.1, 0.15) is 13.2 Å². The van der Waals surface area contributed by atoms with Crippen molar-refractivity contribution in [3.8, 4) is 0 Å². The van der Waals surface area contributed by atoms with E-state index >= 15 is 0 Å². The molecule has 0 aliphatic rings. The molecule has 1 atom stereocenters. The molecule has 0 aliphatic carbocycles. The van der Waals surface area contributed by atoms with Crippen molar-refractivity contribution in [1.29, 1.82) is 5.41 Å². The third kappa shape index (κ3) is 13.1. The third-order valence-corrected chi connectivity index (χ3v) is 2.15. The fourth-order valence-corrected chi connectivity index (χ4v) is 1.18. The van der Waals surface area contributed by atoms with Gasteiger partial charge in [0.2, 0.25) is 5.90 Å². The van der Waals surface area contributed by atoms with Gasteiger partial charge in [-0.2, -0.15) is 0 Å². The molecule has 0 saturated heterocycles. The fourth-order valence-electron chi connectivity index (χ4n) is 1.18. The van der Waals surface area contributed by atoms with E-state index in [4.69, 9.17) is 29.1 Å². The minimum absolute atomic E-state index is 0.0160. The lowest BCUT2D eigenvalue weighted by Gasteiger charge is -2.14. The van der Waals surface area contributed by atoms with Crippen LogP contribution in [0, 0.1) is 5.41 Å². The van der Waals surface area contributed by atoms with Gasteiger partial charge in [0.25, 0.3) is 0 Å². The number of carbonyl (C=O) groups excluding carboxylic acids is 1. The fraction of sp³-hybridized carbons (Fsp3) is 0.533. The van der Waals surface area contributed by atoms with Crippen LogP contribution in [0.15, 0.2) is 31.0 Å². The summed E-state index contributed by atoms with van der Waals surface area (Å²) in [5.74, 6) is -0.488. The molecule has 0 spiro atoms. The monoisotopic (exact) mass is 313 g/mol. The van der Waals surface area contributed by atoms with E-state index in [1.54, 1.807) is 6.92 Å². The molecule has 22 heavy (non-hydrogen) atoms. The number of carbonyl (C=O) groups is 1. The first-order valence-electron chi connectivity index (χ1n) is 6.77. The molecule has 124 valence electrons. The van der Waals surface area contributed by atoms with E-state index < -0.39 is 12.3 Å². The van der Waals surface area contributed by atoms with E-state index in [2.05, 4.69) is 18.9 Å². The van der Waals surface area contributed by atoms with E-state index in [1.807, 2.05) is 0 Å². The summed E-state index contributed by atoms with van der Waals surface area (Å²) >= 11 is 0. The smallest absolute Gasteiger partial charge is 0.330 e. The van der Waals surface area contributed by atoms with Crippen LogP contribution in [0.2, 0.25) is 0 Å². The van der Waals surface area contributed by atoms with E-state index in [0.717, 1.165) is 6.08 Å². The van der Waals surface area contributed by atoms with Crippen LogP contribution >= 0.6 is 0 Å². The highest BCUT2D eigenvalue weighted by atomic mass is 16.7. The van der Waals surface area contributed by atoms with Crippen LogP contribution in [-0.4, -0.2) is 57.8 Å². The number of rotatable bonds is 13. The number of nitrogens with one attached hydrogen (secondary N) is 1. The summed E-state index contributed by atoms with van der Waals surface area (Å²) in [6.45, 7) is 10.1. The first-order chi connectivity index (χ1) is 10.6. The van der Waals surface area contributed by atoms with Crippen molar-refractivity contribution in [2.45, 2.75) is 13.2 Å². The summed E-state index contributed by atoms with van der Waals surface area (Å²) in [5, 5.41) is 7.28. The molecule has 0 bridgehead atoms. The average molecular weight is 313 g/mol. The quantitative estimate of drug-likeness (QED) is 0.105. The zero-order valence-corrected chi connectivity index (χ0v) is 12.8. The van der Waals surface area contributed by atoms with Gasteiger partial charge in [0.05, 0.1) is 26.4 Å². The minimum atomic E-state index is -0.472. The Balaban J connectivity index is 3.37. The van der Waals surface area contributed by atoms with E-state index in [0.29, 0.717) is 26.4 Å². The van der Waals surface area contributed by atoms with Crippen molar-refractivity contribution < 1.29 is 28.5 Å². The van der Waals surface area contributed by atoms with E-state index in [9.17, 15) is 4.79 Å². The van der Waals surface area contributed by atoms with Crippen LogP contribution in [0.1, 0.15) is 6.92 Å². The maximum absolute atomic E-state index is 10.7. The molecule has 0 aromatic heterocycles. The molecule has 1 unspecified atom stereocenters. The Labute approximate surface area is 130 Å².